The maximum Gasteiger partial charge on any atom is 0.313 e. The van der Waals surface area contributed by atoms with Gasteiger partial charge in [0.1, 0.15) is 0 Å². The molecule has 1 saturated carbocycles. The van der Waals surface area contributed by atoms with E-state index in [-0.39, 0.29) is 11.4 Å². The summed E-state index contributed by atoms with van der Waals surface area (Å²) in [6.07, 6.45) is 1.88. The molecule has 3 heteroatoms. The summed E-state index contributed by atoms with van der Waals surface area (Å²) in [5.74, 6) is -0.0722. The van der Waals surface area contributed by atoms with Gasteiger partial charge in [0.15, 0.2) is 0 Å². The van der Waals surface area contributed by atoms with Crippen LogP contribution in [0.1, 0.15) is 18.4 Å². The van der Waals surface area contributed by atoms with Gasteiger partial charge in [-0.1, -0.05) is 12.1 Å². The SMILES string of the molecule is COC(=O)C1(CN(C)c2cccc(C)c2)CC1. The predicted octanol–water partition coefficient (Wildman–Crippen LogP) is 2.38. The fourth-order valence-corrected chi connectivity index (χ4v) is 2.20. The van der Waals surface area contributed by atoms with Crippen LogP contribution in [-0.4, -0.2) is 26.7 Å². The number of carbonyl (C=O) groups is 1. The van der Waals surface area contributed by atoms with Gasteiger partial charge in [-0.05, 0) is 37.5 Å². The molecule has 0 atom stereocenters. The average Bonchev–Trinajstić information content (AvgIpc) is 3.09. The standard InChI is InChI=1S/C14H19NO2/c1-11-5-4-6-12(9-11)15(2)10-14(7-8-14)13(16)17-3/h4-6,9H,7-8,10H2,1-3H3. The highest BCUT2D eigenvalue weighted by molar-refractivity contribution is 5.80. The summed E-state index contributed by atoms with van der Waals surface area (Å²) in [4.78, 5) is 13.8. The van der Waals surface area contributed by atoms with Crippen molar-refractivity contribution in [2.75, 3.05) is 25.6 Å². The summed E-state index contributed by atoms with van der Waals surface area (Å²) < 4.78 is 4.87. The third-order valence-electron chi connectivity index (χ3n) is 3.45. The van der Waals surface area contributed by atoms with Crippen LogP contribution in [0.15, 0.2) is 24.3 Å². The molecule has 1 aliphatic rings. The first-order chi connectivity index (χ1) is 8.07. The van der Waals surface area contributed by atoms with Gasteiger partial charge >= 0.3 is 5.97 Å². The molecule has 0 aromatic heterocycles. The Balaban J connectivity index is 2.07. The normalized spacial score (nSPS) is 16.4. The number of aryl methyl sites for hydroxylation is 1. The highest BCUT2D eigenvalue weighted by atomic mass is 16.5. The van der Waals surface area contributed by atoms with Crippen molar-refractivity contribution in [3.8, 4) is 0 Å². The molecule has 1 aromatic rings. The van der Waals surface area contributed by atoms with Crippen LogP contribution in [0.25, 0.3) is 0 Å². The average molecular weight is 233 g/mol. The number of esters is 1. The molecular formula is C14H19NO2. The molecule has 3 nitrogen and oxygen atoms in total. The molecular weight excluding hydrogens is 214 g/mol. The number of carbonyl (C=O) groups excluding carboxylic acids is 1. The molecule has 2 rings (SSSR count). The Morgan fingerprint density at radius 1 is 1.47 bits per heavy atom. The van der Waals surface area contributed by atoms with Crippen LogP contribution in [0.2, 0.25) is 0 Å². The molecule has 0 N–H and O–H groups in total. The number of benzene rings is 1. The quantitative estimate of drug-likeness (QED) is 0.748. The van der Waals surface area contributed by atoms with E-state index < -0.39 is 0 Å². The Morgan fingerprint density at radius 2 is 2.18 bits per heavy atom. The van der Waals surface area contributed by atoms with Crippen LogP contribution in [0.5, 0.6) is 0 Å². The fourth-order valence-electron chi connectivity index (χ4n) is 2.20. The van der Waals surface area contributed by atoms with E-state index in [1.54, 1.807) is 0 Å². The maximum atomic E-state index is 11.7. The van der Waals surface area contributed by atoms with Gasteiger partial charge in [0, 0.05) is 19.3 Å². The van der Waals surface area contributed by atoms with Crippen LogP contribution >= 0.6 is 0 Å². The lowest BCUT2D eigenvalue weighted by molar-refractivity contribution is -0.146. The molecule has 0 bridgehead atoms. The van der Waals surface area contributed by atoms with Gasteiger partial charge in [0.05, 0.1) is 12.5 Å². The number of methoxy groups -OCH3 is 1. The summed E-state index contributed by atoms with van der Waals surface area (Å²) >= 11 is 0. The van der Waals surface area contributed by atoms with Crippen molar-refractivity contribution in [3.63, 3.8) is 0 Å². The molecule has 1 fully saturated rings. The van der Waals surface area contributed by atoms with E-state index in [0.717, 1.165) is 25.1 Å². The van der Waals surface area contributed by atoms with Gasteiger partial charge in [0.25, 0.3) is 0 Å². The summed E-state index contributed by atoms with van der Waals surface area (Å²) in [5, 5.41) is 0. The largest absolute Gasteiger partial charge is 0.469 e. The number of hydrogen-bond donors (Lipinski definition) is 0. The molecule has 0 unspecified atom stereocenters. The van der Waals surface area contributed by atoms with Gasteiger partial charge in [-0.25, -0.2) is 0 Å². The number of nitrogens with zero attached hydrogens (tertiary/aromatic N) is 1. The summed E-state index contributed by atoms with van der Waals surface area (Å²) in [7, 11) is 3.49. The first-order valence-electron chi connectivity index (χ1n) is 5.94. The predicted molar refractivity (Wildman–Crippen MR) is 68.1 cm³/mol. The van der Waals surface area contributed by atoms with Gasteiger partial charge in [-0.15, -0.1) is 0 Å². The number of ether oxygens (including phenoxy) is 1. The van der Waals surface area contributed by atoms with Crippen molar-refractivity contribution in [3.05, 3.63) is 29.8 Å². The summed E-state index contributed by atoms with van der Waals surface area (Å²) in [5.41, 5.74) is 2.13. The first-order valence-corrected chi connectivity index (χ1v) is 5.94. The number of hydrogen-bond acceptors (Lipinski definition) is 3. The minimum absolute atomic E-state index is 0.0722. The molecule has 1 aromatic carbocycles. The molecule has 17 heavy (non-hydrogen) atoms. The third-order valence-corrected chi connectivity index (χ3v) is 3.45. The number of rotatable bonds is 4. The smallest absolute Gasteiger partial charge is 0.313 e. The molecule has 0 saturated heterocycles. The minimum Gasteiger partial charge on any atom is -0.469 e. The van der Waals surface area contributed by atoms with Crippen molar-refractivity contribution in [2.45, 2.75) is 19.8 Å². The van der Waals surface area contributed by atoms with Crippen LogP contribution in [0.3, 0.4) is 0 Å². The Labute approximate surface area is 102 Å². The van der Waals surface area contributed by atoms with Crippen molar-refractivity contribution >= 4 is 11.7 Å². The minimum atomic E-state index is -0.257. The second kappa shape index (κ2) is 4.40. The lowest BCUT2D eigenvalue weighted by atomic mass is 10.1. The molecule has 0 spiro atoms. The maximum absolute atomic E-state index is 11.7. The van der Waals surface area contributed by atoms with E-state index >= 15 is 0 Å². The van der Waals surface area contributed by atoms with E-state index in [0.29, 0.717) is 0 Å². The van der Waals surface area contributed by atoms with Gasteiger partial charge in [-0.3, -0.25) is 4.79 Å². The Morgan fingerprint density at radius 3 is 2.71 bits per heavy atom. The van der Waals surface area contributed by atoms with Crippen molar-refractivity contribution < 1.29 is 9.53 Å². The first kappa shape index (κ1) is 12.0. The fraction of sp³-hybridized carbons (Fsp3) is 0.500. The van der Waals surface area contributed by atoms with E-state index in [1.165, 1.54) is 12.7 Å². The van der Waals surface area contributed by atoms with Crippen molar-refractivity contribution in [2.24, 2.45) is 5.41 Å². The Kier molecular flexibility index (Phi) is 3.09. The zero-order valence-corrected chi connectivity index (χ0v) is 10.7. The van der Waals surface area contributed by atoms with Crippen molar-refractivity contribution in [1.29, 1.82) is 0 Å². The van der Waals surface area contributed by atoms with Gasteiger partial charge in [0.2, 0.25) is 0 Å². The van der Waals surface area contributed by atoms with E-state index in [1.807, 2.05) is 13.1 Å². The summed E-state index contributed by atoms with van der Waals surface area (Å²) in [6.45, 7) is 2.81. The highest BCUT2D eigenvalue weighted by Gasteiger charge is 2.51. The molecule has 92 valence electrons. The number of anilines is 1. The van der Waals surface area contributed by atoms with E-state index in [2.05, 4.69) is 30.0 Å². The molecule has 0 aliphatic heterocycles. The molecule has 1 aliphatic carbocycles. The van der Waals surface area contributed by atoms with Gasteiger partial charge in [-0.2, -0.15) is 0 Å². The van der Waals surface area contributed by atoms with Gasteiger partial charge < -0.3 is 9.64 Å². The van der Waals surface area contributed by atoms with Crippen LogP contribution in [-0.2, 0) is 9.53 Å². The molecule has 0 radical (unpaired) electrons. The lowest BCUT2D eigenvalue weighted by Crippen LogP contribution is -2.32. The second-order valence-electron chi connectivity index (χ2n) is 4.97. The van der Waals surface area contributed by atoms with Crippen LogP contribution in [0, 0.1) is 12.3 Å². The topological polar surface area (TPSA) is 29.5 Å². The second-order valence-corrected chi connectivity index (χ2v) is 4.97. The summed E-state index contributed by atoms with van der Waals surface area (Å²) in [6, 6.07) is 8.32. The van der Waals surface area contributed by atoms with Crippen LogP contribution < -0.4 is 4.90 Å². The zero-order chi connectivity index (χ0) is 12.5. The Hall–Kier alpha value is -1.51. The molecule has 0 heterocycles. The lowest BCUT2D eigenvalue weighted by Gasteiger charge is -2.24. The zero-order valence-electron chi connectivity index (χ0n) is 10.7. The Bertz CT molecular complexity index is 424. The van der Waals surface area contributed by atoms with E-state index in [9.17, 15) is 4.79 Å². The van der Waals surface area contributed by atoms with Crippen LogP contribution in [0.4, 0.5) is 5.69 Å². The third kappa shape index (κ3) is 2.43. The monoisotopic (exact) mass is 233 g/mol. The van der Waals surface area contributed by atoms with E-state index in [4.69, 9.17) is 4.74 Å². The van der Waals surface area contributed by atoms with Crippen molar-refractivity contribution in [1.82, 2.24) is 0 Å². The molecule has 0 amide bonds. The highest BCUT2D eigenvalue weighted by Crippen LogP contribution is 2.47.